The van der Waals surface area contributed by atoms with Crippen LogP contribution in [0.2, 0.25) is 0 Å². The van der Waals surface area contributed by atoms with Crippen molar-refractivity contribution in [2.45, 2.75) is 33.4 Å². The maximum atomic E-state index is 4.42. The summed E-state index contributed by atoms with van der Waals surface area (Å²) in [5.41, 5.74) is 3.02. The van der Waals surface area contributed by atoms with Crippen LogP contribution >= 0.6 is 0 Å². The van der Waals surface area contributed by atoms with Crippen molar-refractivity contribution >= 4 is 11.2 Å². The predicted octanol–water partition coefficient (Wildman–Crippen LogP) is 1.76. The monoisotopic (exact) mass is 204 g/mol. The van der Waals surface area contributed by atoms with E-state index in [1.165, 1.54) is 5.56 Å². The summed E-state index contributed by atoms with van der Waals surface area (Å²) in [6.07, 6.45) is 1.79. The number of imidazole rings is 1. The van der Waals surface area contributed by atoms with Gasteiger partial charge in [0.15, 0.2) is 5.65 Å². The van der Waals surface area contributed by atoms with Gasteiger partial charge in [0.2, 0.25) is 0 Å². The van der Waals surface area contributed by atoms with Gasteiger partial charge in [-0.15, -0.1) is 0 Å². The lowest BCUT2D eigenvalue weighted by Gasteiger charge is -2.04. The van der Waals surface area contributed by atoms with Crippen molar-refractivity contribution in [3.8, 4) is 0 Å². The molecule has 2 heterocycles. The van der Waals surface area contributed by atoms with Gasteiger partial charge in [0.05, 0.1) is 12.1 Å². The highest BCUT2D eigenvalue weighted by Crippen LogP contribution is 2.12. The first kappa shape index (κ1) is 10.1. The van der Waals surface area contributed by atoms with Crippen molar-refractivity contribution < 1.29 is 0 Å². The summed E-state index contributed by atoms with van der Waals surface area (Å²) >= 11 is 0. The molecule has 0 aliphatic rings. The predicted molar refractivity (Wildman–Crippen MR) is 60.6 cm³/mol. The Morgan fingerprint density at radius 2 is 2.27 bits per heavy atom. The Morgan fingerprint density at radius 1 is 1.47 bits per heavy atom. The Kier molecular flexibility index (Phi) is 2.68. The van der Waals surface area contributed by atoms with Crippen molar-refractivity contribution in [2.75, 3.05) is 0 Å². The Bertz CT molecular complexity index is 459. The van der Waals surface area contributed by atoms with E-state index in [9.17, 15) is 0 Å². The summed E-state index contributed by atoms with van der Waals surface area (Å²) in [6.45, 7) is 7.05. The van der Waals surface area contributed by atoms with Crippen LogP contribution in [0.5, 0.6) is 0 Å². The molecule has 4 nitrogen and oxygen atoms in total. The number of aromatic nitrogens is 3. The summed E-state index contributed by atoms with van der Waals surface area (Å²) in [4.78, 5) is 11.9. The molecule has 80 valence electrons. The molecule has 0 spiro atoms. The zero-order valence-electron chi connectivity index (χ0n) is 9.33. The largest absolute Gasteiger partial charge is 0.339 e. The van der Waals surface area contributed by atoms with Gasteiger partial charge >= 0.3 is 0 Å². The molecule has 0 aliphatic heterocycles. The molecule has 0 aliphatic carbocycles. The SMILES string of the molecule is Cc1ccnc2nc(CNC(C)C)[nH]c12. The molecule has 2 aromatic rings. The number of pyridine rings is 1. The van der Waals surface area contributed by atoms with Gasteiger partial charge < -0.3 is 10.3 Å². The van der Waals surface area contributed by atoms with Gasteiger partial charge in [-0.05, 0) is 18.6 Å². The zero-order chi connectivity index (χ0) is 10.8. The van der Waals surface area contributed by atoms with Gasteiger partial charge in [-0.3, -0.25) is 0 Å². The van der Waals surface area contributed by atoms with Crippen LogP contribution in [0.25, 0.3) is 11.2 Å². The smallest absolute Gasteiger partial charge is 0.178 e. The Morgan fingerprint density at radius 3 is 2.93 bits per heavy atom. The van der Waals surface area contributed by atoms with E-state index in [0.717, 1.165) is 23.5 Å². The number of hydrogen-bond acceptors (Lipinski definition) is 3. The first-order valence-corrected chi connectivity index (χ1v) is 5.20. The summed E-state index contributed by atoms with van der Waals surface area (Å²) in [6, 6.07) is 2.45. The molecule has 0 saturated carbocycles. The number of hydrogen-bond donors (Lipinski definition) is 2. The van der Waals surface area contributed by atoms with E-state index in [-0.39, 0.29) is 0 Å². The van der Waals surface area contributed by atoms with Crippen molar-refractivity contribution in [3.63, 3.8) is 0 Å². The van der Waals surface area contributed by atoms with E-state index in [1.54, 1.807) is 6.20 Å². The standard InChI is InChI=1S/C11H16N4/c1-7(2)13-6-9-14-10-8(3)4-5-12-11(10)15-9/h4-5,7,13H,6H2,1-3H3,(H,12,14,15). The topological polar surface area (TPSA) is 53.6 Å². The fourth-order valence-corrected chi connectivity index (χ4v) is 1.47. The average molecular weight is 204 g/mol. The zero-order valence-corrected chi connectivity index (χ0v) is 9.33. The highest BCUT2D eigenvalue weighted by atomic mass is 15.0. The lowest BCUT2D eigenvalue weighted by atomic mass is 10.3. The van der Waals surface area contributed by atoms with Crippen molar-refractivity contribution in [2.24, 2.45) is 0 Å². The molecule has 15 heavy (non-hydrogen) atoms. The molecule has 0 bridgehead atoms. The van der Waals surface area contributed by atoms with Crippen LogP contribution in [-0.2, 0) is 6.54 Å². The average Bonchev–Trinajstić information content (AvgIpc) is 2.59. The molecule has 2 aromatic heterocycles. The molecule has 0 amide bonds. The first-order valence-electron chi connectivity index (χ1n) is 5.20. The molecule has 2 N–H and O–H groups in total. The lowest BCUT2D eigenvalue weighted by molar-refractivity contribution is 0.576. The van der Waals surface area contributed by atoms with Crippen LogP contribution < -0.4 is 5.32 Å². The van der Waals surface area contributed by atoms with Gasteiger partial charge in [0, 0.05) is 12.2 Å². The summed E-state index contributed by atoms with van der Waals surface area (Å²) in [5.74, 6) is 0.945. The van der Waals surface area contributed by atoms with Crippen LogP contribution in [0.15, 0.2) is 12.3 Å². The molecule has 0 aromatic carbocycles. The molecular weight excluding hydrogens is 188 g/mol. The van der Waals surface area contributed by atoms with Crippen LogP contribution in [0.3, 0.4) is 0 Å². The third-order valence-corrected chi connectivity index (χ3v) is 2.33. The molecule has 0 unspecified atom stereocenters. The minimum Gasteiger partial charge on any atom is -0.339 e. The summed E-state index contributed by atoms with van der Waals surface area (Å²) < 4.78 is 0. The van der Waals surface area contributed by atoms with Crippen molar-refractivity contribution in [1.29, 1.82) is 0 Å². The highest BCUT2D eigenvalue weighted by molar-refractivity contribution is 5.74. The van der Waals surface area contributed by atoms with Crippen LogP contribution in [0, 0.1) is 6.92 Å². The third-order valence-electron chi connectivity index (χ3n) is 2.33. The minimum absolute atomic E-state index is 0.465. The highest BCUT2D eigenvalue weighted by Gasteiger charge is 2.05. The number of H-pyrrole nitrogens is 1. The summed E-state index contributed by atoms with van der Waals surface area (Å²) in [7, 11) is 0. The van der Waals surface area contributed by atoms with Gasteiger partial charge in [-0.2, -0.15) is 0 Å². The molecule has 2 rings (SSSR count). The van der Waals surface area contributed by atoms with E-state index in [1.807, 2.05) is 6.07 Å². The fourth-order valence-electron chi connectivity index (χ4n) is 1.47. The number of fused-ring (bicyclic) bond motifs is 1. The Balaban J connectivity index is 2.27. The van der Waals surface area contributed by atoms with Gasteiger partial charge in [-0.25, -0.2) is 9.97 Å². The third kappa shape index (κ3) is 2.15. The van der Waals surface area contributed by atoms with Gasteiger partial charge in [-0.1, -0.05) is 13.8 Å². The number of aromatic amines is 1. The molecular formula is C11H16N4. The fraction of sp³-hybridized carbons (Fsp3) is 0.455. The second kappa shape index (κ2) is 3.98. The van der Waals surface area contributed by atoms with Crippen LogP contribution in [0.1, 0.15) is 25.2 Å². The second-order valence-electron chi connectivity index (χ2n) is 4.05. The van der Waals surface area contributed by atoms with Gasteiger partial charge in [0.25, 0.3) is 0 Å². The van der Waals surface area contributed by atoms with E-state index >= 15 is 0 Å². The Labute approximate surface area is 89.1 Å². The normalized spacial score (nSPS) is 11.5. The van der Waals surface area contributed by atoms with E-state index in [0.29, 0.717) is 6.04 Å². The van der Waals surface area contributed by atoms with E-state index < -0.39 is 0 Å². The van der Waals surface area contributed by atoms with E-state index in [4.69, 9.17) is 0 Å². The number of nitrogens with zero attached hydrogens (tertiary/aromatic N) is 2. The minimum atomic E-state index is 0.465. The molecule has 0 saturated heterocycles. The van der Waals surface area contributed by atoms with Gasteiger partial charge in [0.1, 0.15) is 5.82 Å². The van der Waals surface area contributed by atoms with E-state index in [2.05, 4.69) is 41.0 Å². The maximum Gasteiger partial charge on any atom is 0.178 e. The van der Waals surface area contributed by atoms with Crippen LogP contribution in [-0.4, -0.2) is 21.0 Å². The molecule has 0 atom stereocenters. The number of rotatable bonds is 3. The van der Waals surface area contributed by atoms with Crippen molar-refractivity contribution in [1.82, 2.24) is 20.3 Å². The number of aryl methyl sites for hydroxylation is 1. The molecule has 0 radical (unpaired) electrons. The second-order valence-corrected chi connectivity index (χ2v) is 4.05. The Hall–Kier alpha value is -1.42. The van der Waals surface area contributed by atoms with Crippen molar-refractivity contribution in [3.05, 3.63) is 23.7 Å². The first-order chi connectivity index (χ1) is 7.16. The molecule has 0 fully saturated rings. The number of nitrogens with one attached hydrogen (secondary N) is 2. The molecule has 4 heteroatoms. The lowest BCUT2D eigenvalue weighted by Crippen LogP contribution is -2.22. The summed E-state index contributed by atoms with van der Waals surface area (Å²) in [5, 5.41) is 3.32. The quantitative estimate of drug-likeness (QED) is 0.801. The van der Waals surface area contributed by atoms with Crippen LogP contribution in [0.4, 0.5) is 0 Å². The maximum absolute atomic E-state index is 4.42.